The van der Waals surface area contributed by atoms with E-state index >= 15 is 0 Å². The molecule has 1 heterocycles. The molecule has 28 heavy (non-hydrogen) atoms. The molecule has 0 atom stereocenters. The van der Waals surface area contributed by atoms with Crippen molar-refractivity contribution < 1.29 is 23.1 Å². The van der Waals surface area contributed by atoms with Crippen LogP contribution in [0.3, 0.4) is 0 Å². The minimum absolute atomic E-state index is 0.0200. The molecule has 3 rings (SSSR count). The molecule has 9 heteroatoms. The van der Waals surface area contributed by atoms with Crippen molar-refractivity contribution in [2.75, 3.05) is 0 Å². The number of benzene rings is 2. The lowest BCUT2D eigenvalue weighted by molar-refractivity contribution is -0.137. The lowest BCUT2D eigenvalue weighted by Crippen LogP contribution is -2.22. The zero-order valence-corrected chi connectivity index (χ0v) is 15.8. The molecular formula is C19H12Cl2F3NO3. The predicted octanol–water partition coefficient (Wildman–Crippen LogP) is 5.71. The van der Waals surface area contributed by atoms with Gasteiger partial charge in [0.1, 0.15) is 5.56 Å². The third-order valence-corrected chi connectivity index (χ3v) is 5.06. The van der Waals surface area contributed by atoms with Crippen LogP contribution in [0.4, 0.5) is 13.2 Å². The molecule has 1 N–H and O–H groups in total. The quantitative estimate of drug-likeness (QED) is 0.579. The number of alkyl halides is 3. The Kier molecular flexibility index (Phi) is 5.16. The Morgan fingerprint density at radius 3 is 2.32 bits per heavy atom. The lowest BCUT2D eigenvalue weighted by Gasteiger charge is -2.19. The minimum atomic E-state index is -4.61. The zero-order chi connectivity index (χ0) is 20.8. The fraction of sp³-hybridized carbons (Fsp3) is 0.158. The first kappa shape index (κ1) is 20.2. The van der Waals surface area contributed by atoms with Gasteiger partial charge < -0.3 is 9.67 Å². The molecule has 0 saturated heterocycles. The average Bonchev–Trinajstić information content (AvgIpc) is 2.62. The van der Waals surface area contributed by atoms with E-state index in [9.17, 15) is 27.9 Å². The van der Waals surface area contributed by atoms with Crippen molar-refractivity contribution in [3.8, 4) is 11.3 Å². The van der Waals surface area contributed by atoms with E-state index in [0.29, 0.717) is 0 Å². The first-order valence-electron chi connectivity index (χ1n) is 8.02. The highest BCUT2D eigenvalue weighted by Gasteiger charge is 2.32. The fourth-order valence-electron chi connectivity index (χ4n) is 3.09. The van der Waals surface area contributed by atoms with E-state index in [-0.39, 0.29) is 38.8 Å². The Labute approximate surface area is 166 Å². The standard InChI is InChI=1S/C19H12Cl2F3NO3/c1-2-25-14-8-10(19(22,23)24)4-5-11(14)17(26)15(18(27)28)16(25)9-3-6-12(20)13(21)7-9/h3-8H,2H2,1H3,(H,27,28). The Morgan fingerprint density at radius 1 is 1.11 bits per heavy atom. The van der Waals surface area contributed by atoms with Crippen LogP contribution in [0.25, 0.3) is 22.2 Å². The molecule has 146 valence electrons. The molecule has 1 aromatic heterocycles. The van der Waals surface area contributed by atoms with Crippen molar-refractivity contribution in [2.45, 2.75) is 19.6 Å². The summed E-state index contributed by atoms with van der Waals surface area (Å²) in [4.78, 5) is 24.7. The van der Waals surface area contributed by atoms with E-state index in [4.69, 9.17) is 23.2 Å². The van der Waals surface area contributed by atoms with E-state index < -0.39 is 28.7 Å². The molecule has 0 aliphatic heterocycles. The third-order valence-electron chi connectivity index (χ3n) is 4.32. The normalized spacial score (nSPS) is 11.8. The minimum Gasteiger partial charge on any atom is -0.477 e. The topological polar surface area (TPSA) is 59.3 Å². The SMILES string of the molecule is CCn1c(-c2ccc(Cl)c(Cl)c2)c(C(=O)O)c(=O)c2ccc(C(F)(F)F)cc21. The van der Waals surface area contributed by atoms with Crippen LogP contribution in [0.2, 0.25) is 10.0 Å². The van der Waals surface area contributed by atoms with Gasteiger partial charge in [-0.1, -0.05) is 29.3 Å². The van der Waals surface area contributed by atoms with E-state index in [1.807, 2.05) is 0 Å². The fourth-order valence-corrected chi connectivity index (χ4v) is 3.39. The second-order valence-electron chi connectivity index (χ2n) is 5.96. The van der Waals surface area contributed by atoms with Crippen LogP contribution < -0.4 is 5.43 Å². The number of carboxylic acid groups (broad SMARTS) is 1. The van der Waals surface area contributed by atoms with Gasteiger partial charge >= 0.3 is 12.1 Å². The summed E-state index contributed by atoms with van der Waals surface area (Å²) >= 11 is 11.9. The predicted molar refractivity (Wildman–Crippen MR) is 101 cm³/mol. The van der Waals surface area contributed by atoms with E-state index in [0.717, 1.165) is 18.2 Å². The molecule has 0 saturated carbocycles. The molecular weight excluding hydrogens is 418 g/mol. The molecule has 0 unspecified atom stereocenters. The van der Waals surface area contributed by atoms with Gasteiger partial charge in [-0.15, -0.1) is 0 Å². The Balaban J connectivity index is 2.53. The molecule has 3 aromatic rings. The highest BCUT2D eigenvalue weighted by atomic mass is 35.5. The van der Waals surface area contributed by atoms with E-state index in [1.165, 1.54) is 22.8 Å². The molecule has 0 fully saturated rings. The first-order valence-corrected chi connectivity index (χ1v) is 8.78. The summed E-state index contributed by atoms with van der Waals surface area (Å²) in [6.45, 7) is 1.75. The number of aryl methyl sites for hydroxylation is 1. The van der Waals surface area contributed by atoms with Crippen molar-refractivity contribution in [3.05, 3.63) is 67.8 Å². The number of hydrogen-bond acceptors (Lipinski definition) is 2. The van der Waals surface area contributed by atoms with E-state index in [1.54, 1.807) is 6.92 Å². The third kappa shape index (κ3) is 3.36. The molecule has 4 nitrogen and oxygen atoms in total. The summed E-state index contributed by atoms with van der Waals surface area (Å²) in [7, 11) is 0. The van der Waals surface area contributed by atoms with Gasteiger partial charge in [0, 0.05) is 17.5 Å². The maximum Gasteiger partial charge on any atom is 0.416 e. The van der Waals surface area contributed by atoms with Crippen molar-refractivity contribution in [2.24, 2.45) is 0 Å². The van der Waals surface area contributed by atoms with Gasteiger partial charge in [0.25, 0.3) is 0 Å². The Morgan fingerprint density at radius 2 is 1.79 bits per heavy atom. The van der Waals surface area contributed by atoms with Crippen LogP contribution in [0.5, 0.6) is 0 Å². The smallest absolute Gasteiger partial charge is 0.416 e. The highest BCUT2D eigenvalue weighted by molar-refractivity contribution is 6.42. The lowest BCUT2D eigenvalue weighted by atomic mass is 10.00. The van der Waals surface area contributed by atoms with Gasteiger partial charge in [-0.05, 0) is 37.3 Å². The van der Waals surface area contributed by atoms with Gasteiger partial charge in [0.2, 0.25) is 5.43 Å². The number of carboxylic acids is 1. The summed E-state index contributed by atoms with van der Waals surface area (Å²) < 4.78 is 40.9. The van der Waals surface area contributed by atoms with Crippen LogP contribution in [-0.4, -0.2) is 15.6 Å². The summed E-state index contributed by atoms with van der Waals surface area (Å²) in [6.07, 6.45) is -4.61. The van der Waals surface area contributed by atoms with Crippen LogP contribution in [0, 0.1) is 0 Å². The average molecular weight is 430 g/mol. The molecule has 0 amide bonds. The summed E-state index contributed by atoms with van der Waals surface area (Å²) in [5.74, 6) is -1.49. The number of rotatable bonds is 3. The van der Waals surface area contributed by atoms with Gasteiger partial charge in [0.15, 0.2) is 0 Å². The van der Waals surface area contributed by atoms with Crippen molar-refractivity contribution >= 4 is 40.1 Å². The maximum atomic E-state index is 13.2. The molecule has 2 aromatic carbocycles. The highest BCUT2D eigenvalue weighted by Crippen LogP contribution is 2.34. The number of fused-ring (bicyclic) bond motifs is 1. The second-order valence-corrected chi connectivity index (χ2v) is 6.78. The zero-order valence-electron chi connectivity index (χ0n) is 14.3. The summed E-state index contributed by atoms with van der Waals surface area (Å²) in [6, 6.07) is 6.85. The maximum absolute atomic E-state index is 13.2. The van der Waals surface area contributed by atoms with Crippen LogP contribution in [0.15, 0.2) is 41.2 Å². The molecule has 0 spiro atoms. The second kappa shape index (κ2) is 7.14. The van der Waals surface area contributed by atoms with Crippen molar-refractivity contribution in [1.82, 2.24) is 4.57 Å². The summed E-state index contributed by atoms with van der Waals surface area (Å²) in [5.41, 5.74) is -2.16. The van der Waals surface area contributed by atoms with Crippen LogP contribution in [0.1, 0.15) is 22.8 Å². The first-order chi connectivity index (χ1) is 13.1. The molecule has 0 aliphatic rings. The van der Waals surface area contributed by atoms with Crippen LogP contribution in [-0.2, 0) is 12.7 Å². The van der Waals surface area contributed by atoms with E-state index in [2.05, 4.69) is 0 Å². The van der Waals surface area contributed by atoms with Gasteiger partial charge in [0.05, 0.1) is 26.8 Å². The van der Waals surface area contributed by atoms with Crippen molar-refractivity contribution in [3.63, 3.8) is 0 Å². The molecule has 0 bridgehead atoms. The Bertz CT molecular complexity index is 1170. The monoisotopic (exact) mass is 429 g/mol. The van der Waals surface area contributed by atoms with Gasteiger partial charge in [-0.2, -0.15) is 13.2 Å². The number of hydrogen-bond donors (Lipinski definition) is 1. The molecule has 0 radical (unpaired) electrons. The largest absolute Gasteiger partial charge is 0.477 e. The number of aromatic carboxylic acids is 1. The van der Waals surface area contributed by atoms with Gasteiger partial charge in [-0.25, -0.2) is 4.79 Å². The number of nitrogens with zero attached hydrogens (tertiary/aromatic N) is 1. The number of halogens is 5. The number of pyridine rings is 1. The van der Waals surface area contributed by atoms with Gasteiger partial charge in [-0.3, -0.25) is 4.79 Å². The molecule has 0 aliphatic carbocycles. The van der Waals surface area contributed by atoms with Crippen LogP contribution >= 0.6 is 23.2 Å². The summed E-state index contributed by atoms with van der Waals surface area (Å²) in [5, 5.41) is 9.86. The Hall–Kier alpha value is -2.51. The number of aromatic nitrogens is 1. The number of carbonyl (C=O) groups is 1. The van der Waals surface area contributed by atoms with Crippen molar-refractivity contribution in [1.29, 1.82) is 0 Å².